The Labute approximate surface area is 167 Å². The predicted octanol–water partition coefficient (Wildman–Crippen LogP) is 4.90. The fourth-order valence-electron chi connectivity index (χ4n) is 3.35. The molecule has 2 aromatic carbocycles. The second kappa shape index (κ2) is 8.34. The fraction of sp³-hybridized carbons (Fsp3) is 0.292. The van der Waals surface area contributed by atoms with Crippen LogP contribution in [0, 0.1) is 5.92 Å². The van der Waals surface area contributed by atoms with Gasteiger partial charge in [-0.15, -0.1) is 0 Å². The topological polar surface area (TPSA) is 54.9 Å². The molecule has 4 heteroatoms. The average Bonchev–Trinajstić information content (AvgIpc) is 3.57. The van der Waals surface area contributed by atoms with E-state index in [1.807, 2.05) is 54.7 Å². The lowest BCUT2D eigenvalue weighted by molar-refractivity contribution is -0.125. The van der Waals surface area contributed by atoms with Crippen molar-refractivity contribution < 1.29 is 6.22 Å². The normalized spacial score (nSPS) is 14.5. The highest BCUT2D eigenvalue weighted by Gasteiger charge is 2.27. The standard InChI is InChI=1S/C24H25N3O.H2/c1-2-17(24(28)27-20-13-14-20)15-21-16-25-22(18-9-5-3-6-10-18)23(26-21)19-11-7-4-8-12-19;/h3-12,16-17,20H,2,13-15H2,1H3,(H,27,28);1H. The molecule has 1 aromatic heterocycles. The molecule has 1 unspecified atom stereocenters. The number of benzene rings is 2. The molecular formula is C24H27N3O. The van der Waals surface area contributed by atoms with Gasteiger partial charge in [0.25, 0.3) is 0 Å². The molecule has 3 aromatic rings. The van der Waals surface area contributed by atoms with Crippen LogP contribution in [0.4, 0.5) is 0 Å². The lowest BCUT2D eigenvalue weighted by Gasteiger charge is -2.16. The second-order valence-electron chi connectivity index (χ2n) is 7.38. The zero-order valence-corrected chi connectivity index (χ0v) is 16.1. The maximum absolute atomic E-state index is 12.5. The van der Waals surface area contributed by atoms with Crippen molar-refractivity contribution in [3.8, 4) is 22.5 Å². The summed E-state index contributed by atoms with van der Waals surface area (Å²) in [6.45, 7) is 2.06. The van der Waals surface area contributed by atoms with E-state index in [1.54, 1.807) is 0 Å². The van der Waals surface area contributed by atoms with Crippen LogP contribution in [0.5, 0.6) is 0 Å². The average molecular weight is 374 g/mol. The molecule has 1 aliphatic rings. The summed E-state index contributed by atoms with van der Waals surface area (Å²) in [5.74, 6) is 0.0706. The van der Waals surface area contributed by atoms with Crippen LogP contribution in [-0.4, -0.2) is 21.9 Å². The molecule has 4 nitrogen and oxygen atoms in total. The smallest absolute Gasteiger partial charge is 0.223 e. The minimum absolute atomic E-state index is 0. The van der Waals surface area contributed by atoms with Crippen LogP contribution >= 0.6 is 0 Å². The molecule has 1 saturated carbocycles. The number of nitrogens with one attached hydrogen (secondary N) is 1. The van der Waals surface area contributed by atoms with E-state index in [-0.39, 0.29) is 13.3 Å². The van der Waals surface area contributed by atoms with E-state index in [1.165, 1.54) is 0 Å². The summed E-state index contributed by atoms with van der Waals surface area (Å²) in [7, 11) is 0. The zero-order chi connectivity index (χ0) is 19.3. The Bertz CT molecular complexity index is 943. The van der Waals surface area contributed by atoms with Gasteiger partial charge in [-0.1, -0.05) is 67.6 Å². The van der Waals surface area contributed by atoms with Crippen molar-refractivity contribution in [2.45, 2.75) is 38.6 Å². The Morgan fingerprint density at radius 3 is 2.21 bits per heavy atom. The molecule has 1 atom stereocenters. The molecule has 144 valence electrons. The van der Waals surface area contributed by atoms with Crippen molar-refractivity contribution in [3.63, 3.8) is 0 Å². The summed E-state index contributed by atoms with van der Waals surface area (Å²) < 4.78 is 0. The van der Waals surface area contributed by atoms with E-state index in [9.17, 15) is 4.79 Å². The molecule has 1 amide bonds. The van der Waals surface area contributed by atoms with Crippen LogP contribution in [0.25, 0.3) is 22.5 Å². The molecule has 0 saturated heterocycles. The van der Waals surface area contributed by atoms with Crippen molar-refractivity contribution in [1.29, 1.82) is 0 Å². The Hall–Kier alpha value is -3.01. The second-order valence-corrected chi connectivity index (χ2v) is 7.38. The van der Waals surface area contributed by atoms with Crippen LogP contribution in [0.1, 0.15) is 33.3 Å². The third-order valence-electron chi connectivity index (χ3n) is 5.16. The highest BCUT2D eigenvalue weighted by molar-refractivity contribution is 5.80. The maximum atomic E-state index is 12.5. The summed E-state index contributed by atoms with van der Waals surface area (Å²) >= 11 is 0. The monoisotopic (exact) mass is 373 g/mol. The molecule has 0 radical (unpaired) electrons. The van der Waals surface area contributed by atoms with Gasteiger partial charge in [-0.2, -0.15) is 0 Å². The minimum atomic E-state index is -0.0684. The first-order valence-electron chi connectivity index (χ1n) is 10.0. The Kier molecular flexibility index (Phi) is 5.47. The molecule has 4 rings (SSSR count). The summed E-state index contributed by atoms with van der Waals surface area (Å²) in [6.07, 6.45) is 5.43. The van der Waals surface area contributed by atoms with E-state index in [4.69, 9.17) is 9.97 Å². The van der Waals surface area contributed by atoms with Gasteiger partial charge < -0.3 is 5.32 Å². The summed E-state index contributed by atoms with van der Waals surface area (Å²) in [5, 5.41) is 3.12. The quantitative estimate of drug-likeness (QED) is 0.640. The van der Waals surface area contributed by atoms with Gasteiger partial charge in [-0.05, 0) is 19.3 Å². The van der Waals surface area contributed by atoms with Crippen molar-refractivity contribution in [1.82, 2.24) is 15.3 Å². The summed E-state index contributed by atoms with van der Waals surface area (Å²) in [6, 6.07) is 20.6. The van der Waals surface area contributed by atoms with E-state index in [0.29, 0.717) is 12.5 Å². The molecular weight excluding hydrogens is 346 g/mol. The van der Waals surface area contributed by atoms with Gasteiger partial charge in [0.05, 0.1) is 17.1 Å². The first kappa shape index (κ1) is 18.4. The SMILES string of the molecule is CCC(Cc1cnc(-c2ccccc2)c(-c2ccccc2)n1)C(=O)NC1CC1.[HH]. The maximum Gasteiger partial charge on any atom is 0.223 e. The lowest BCUT2D eigenvalue weighted by Crippen LogP contribution is -2.33. The third-order valence-corrected chi connectivity index (χ3v) is 5.16. The van der Waals surface area contributed by atoms with E-state index in [0.717, 1.165) is 47.5 Å². The van der Waals surface area contributed by atoms with Gasteiger partial charge in [0.15, 0.2) is 0 Å². The number of nitrogens with zero attached hydrogens (tertiary/aromatic N) is 2. The van der Waals surface area contributed by atoms with Gasteiger partial charge in [-0.3, -0.25) is 9.78 Å². The van der Waals surface area contributed by atoms with Crippen molar-refractivity contribution >= 4 is 5.91 Å². The first-order valence-corrected chi connectivity index (χ1v) is 10.0. The van der Waals surface area contributed by atoms with Gasteiger partial charge >= 0.3 is 0 Å². The van der Waals surface area contributed by atoms with Crippen LogP contribution in [0.2, 0.25) is 0 Å². The highest BCUT2D eigenvalue weighted by Crippen LogP contribution is 2.29. The number of carbonyl (C=O) groups excluding carboxylic acids is 1. The van der Waals surface area contributed by atoms with E-state index >= 15 is 0 Å². The lowest BCUT2D eigenvalue weighted by atomic mass is 9.98. The Morgan fingerprint density at radius 1 is 1.04 bits per heavy atom. The molecule has 0 aliphatic heterocycles. The molecule has 1 aliphatic carbocycles. The Morgan fingerprint density at radius 2 is 1.64 bits per heavy atom. The molecule has 0 bridgehead atoms. The van der Waals surface area contributed by atoms with Crippen molar-refractivity contribution in [2.24, 2.45) is 5.92 Å². The number of hydrogen-bond acceptors (Lipinski definition) is 3. The zero-order valence-electron chi connectivity index (χ0n) is 16.1. The van der Waals surface area contributed by atoms with E-state index in [2.05, 4.69) is 24.4 Å². The number of hydrogen-bond donors (Lipinski definition) is 1. The largest absolute Gasteiger partial charge is 0.353 e. The summed E-state index contributed by atoms with van der Waals surface area (Å²) in [5.41, 5.74) is 4.66. The van der Waals surface area contributed by atoms with Crippen LogP contribution in [0.15, 0.2) is 66.9 Å². The van der Waals surface area contributed by atoms with Gasteiger partial charge in [0.1, 0.15) is 0 Å². The number of amides is 1. The van der Waals surface area contributed by atoms with Gasteiger partial charge in [0, 0.05) is 37.1 Å². The van der Waals surface area contributed by atoms with Crippen molar-refractivity contribution in [3.05, 3.63) is 72.6 Å². The van der Waals surface area contributed by atoms with Crippen LogP contribution in [-0.2, 0) is 11.2 Å². The molecule has 0 spiro atoms. The van der Waals surface area contributed by atoms with Crippen LogP contribution in [0.3, 0.4) is 0 Å². The third kappa shape index (κ3) is 4.28. The minimum Gasteiger partial charge on any atom is -0.353 e. The van der Waals surface area contributed by atoms with Gasteiger partial charge in [-0.25, -0.2) is 4.98 Å². The van der Waals surface area contributed by atoms with Crippen molar-refractivity contribution in [2.75, 3.05) is 0 Å². The molecule has 28 heavy (non-hydrogen) atoms. The molecule has 1 N–H and O–H groups in total. The van der Waals surface area contributed by atoms with Crippen LogP contribution < -0.4 is 5.32 Å². The predicted molar refractivity (Wildman–Crippen MR) is 114 cm³/mol. The molecule has 1 fully saturated rings. The highest BCUT2D eigenvalue weighted by atomic mass is 16.2. The van der Waals surface area contributed by atoms with Gasteiger partial charge in [0.2, 0.25) is 5.91 Å². The number of carbonyl (C=O) groups is 1. The first-order chi connectivity index (χ1) is 13.7. The molecule has 1 heterocycles. The van der Waals surface area contributed by atoms with E-state index < -0.39 is 0 Å². The number of rotatable bonds is 7. The fourth-order valence-corrected chi connectivity index (χ4v) is 3.35. The Balaban J connectivity index is 0.00000240. The number of aromatic nitrogens is 2. The summed E-state index contributed by atoms with van der Waals surface area (Å²) in [4.78, 5) is 22.2.